The number of hydrogen-bond acceptors (Lipinski definition) is 3. The minimum Gasteiger partial charge on any atom is -0.393 e. The third-order valence-electron chi connectivity index (χ3n) is 8.53. The fraction of sp³-hybridized carbons (Fsp3) is 0.652. The molecular formula is C23H30N2O. The van der Waals surface area contributed by atoms with E-state index in [1.807, 2.05) is 12.4 Å². The van der Waals surface area contributed by atoms with Gasteiger partial charge < -0.3 is 5.11 Å². The van der Waals surface area contributed by atoms with Gasteiger partial charge in [-0.05, 0) is 79.1 Å². The first-order chi connectivity index (χ1) is 12.5. The number of aromatic nitrogens is 2. The van der Waals surface area contributed by atoms with Gasteiger partial charge >= 0.3 is 0 Å². The number of fused-ring (bicyclic) bond motifs is 5. The lowest BCUT2D eigenvalue weighted by Gasteiger charge is -2.57. The summed E-state index contributed by atoms with van der Waals surface area (Å²) in [5.74, 6) is 2.29. The molecule has 0 aromatic carbocycles. The molecule has 2 fully saturated rings. The zero-order valence-electron chi connectivity index (χ0n) is 16.0. The molecular weight excluding hydrogens is 320 g/mol. The van der Waals surface area contributed by atoms with Gasteiger partial charge in [-0.2, -0.15) is 0 Å². The van der Waals surface area contributed by atoms with Crippen LogP contribution in [0.3, 0.4) is 0 Å². The smallest absolute Gasteiger partial charge is 0.115 e. The summed E-state index contributed by atoms with van der Waals surface area (Å²) in [7, 11) is 0. The molecule has 5 rings (SSSR count). The average Bonchev–Trinajstić information content (AvgIpc) is 3.00. The molecule has 1 aromatic rings. The third-order valence-corrected chi connectivity index (χ3v) is 8.53. The van der Waals surface area contributed by atoms with Crippen molar-refractivity contribution < 1.29 is 5.11 Å². The van der Waals surface area contributed by atoms with Gasteiger partial charge in [-0.25, -0.2) is 9.97 Å². The standard InChI is InChI=1S/C23H30N2O/c1-22-9-7-17(26)11-16(22)3-4-18-20-6-5-19(15-12-24-14-25-13-15)23(20,2)10-8-21(18)22/h3,5,12-14,17-18,20-21,26H,4,6-11H2,1-2H3/t17?,18-,20-,21-,22-,23+/m0/s1. The lowest BCUT2D eigenvalue weighted by Crippen LogP contribution is -2.49. The van der Waals surface area contributed by atoms with Crippen molar-refractivity contribution in [3.63, 3.8) is 0 Å². The number of nitrogens with zero attached hydrogens (tertiary/aromatic N) is 2. The van der Waals surface area contributed by atoms with Gasteiger partial charge in [0, 0.05) is 18.0 Å². The fourth-order valence-electron chi connectivity index (χ4n) is 7.09. The summed E-state index contributed by atoms with van der Waals surface area (Å²) in [6.45, 7) is 4.99. The maximum Gasteiger partial charge on any atom is 0.115 e. The van der Waals surface area contributed by atoms with Crippen molar-refractivity contribution in [2.45, 2.75) is 64.9 Å². The van der Waals surface area contributed by atoms with Crippen molar-refractivity contribution in [1.29, 1.82) is 0 Å². The van der Waals surface area contributed by atoms with E-state index < -0.39 is 0 Å². The Morgan fingerprint density at radius 1 is 0.962 bits per heavy atom. The monoisotopic (exact) mass is 350 g/mol. The molecule has 1 aromatic heterocycles. The molecule has 4 aliphatic rings. The van der Waals surface area contributed by atoms with Gasteiger partial charge in [0.2, 0.25) is 0 Å². The molecule has 138 valence electrons. The minimum atomic E-state index is -0.113. The van der Waals surface area contributed by atoms with Crippen LogP contribution >= 0.6 is 0 Å². The summed E-state index contributed by atoms with van der Waals surface area (Å²) in [5, 5.41) is 10.1. The molecule has 26 heavy (non-hydrogen) atoms. The molecule has 1 unspecified atom stereocenters. The predicted octanol–water partition coefficient (Wildman–Crippen LogP) is 4.79. The molecule has 0 radical (unpaired) electrons. The molecule has 6 atom stereocenters. The van der Waals surface area contributed by atoms with E-state index in [-0.39, 0.29) is 11.5 Å². The largest absolute Gasteiger partial charge is 0.393 e. The maximum atomic E-state index is 10.1. The Hall–Kier alpha value is -1.48. The van der Waals surface area contributed by atoms with E-state index >= 15 is 0 Å². The Labute approximate surface area is 156 Å². The fourth-order valence-corrected chi connectivity index (χ4v) is 7.09. The molecule has 0 amide bonds. The van der Waals surface area contributed by atoms with Crippen molar-refractivity contribution in [3.05, 3.63) is 42.0 Å². The first-order valence-corrected chi connectivity index (χ1v) is 10.4. The zero-order valence-corrected chi connectivity index (χ0v) is 16.0. The highest BCUT2D eigenvalue weighted by atomic mass is 16.3. The van der Waals surface area contributed by atoms with Gasteiger partial charge in [-0.15, -0.1) is 0 Å². The van der Waals surface area contributed by atoms with E-state index in [2.05, 4.69) is 36.0 Å². The number of rotatable bonds is 1. The molecule has 3 nitrogen and oxygen atoms in total. The van der Waals surface area contributed by atoms with Crippen LogP contribution in [-0.4, -0.2) is 21.2 Å². The maximum absolute atomic E-state index is 10.1. The van der Waals surface area contributed by atoms with Crippen LogP contribution in [0.2, 0.25) is 0 Å². The molecule has 4 aliphatic carbocycles. The van der Waals surface area contributed by atoms with Crippen LogP contribution in [0.1, 0.15) is 64.4 Å². The second kappa shape index (κ2) is 5.76. The SMILES string of the molecule is C[C@]12CCC(O)CC1=CC[C@@H]1[C@@H]2CC[C@]2(C)C(c3cncnc3)=CC[C@@H]12. The van der Waals surface area contributed by atoms with E-state index in [1.54, 1.807) is 11.9 Å². The van der Waals surface area contributed by atoms with Crippen LogP contribution in [-0.2, 0) is 0 Å². The quantitative estimate of drug-likeness (QED) is 0.741. The first kappa shape index (κ1) is 16.7. The molecule has 0 saturated heterocycles. The molecule has 0 aliphatic heterocycles. The Bertz CT molecular complexity index is 770. The summed E-state index contributed by atoms with van der Waals surface area (Å²) in [4.78, 5) is 8.53. The Morgan fingerprint density at radius 3 is 2.54 bits per heavy atom. The molecule has 1 N–H and O–H groups in total. The summed E-state index contributed by atoms with van der Waals surface area (Å²) >= 11 is 0. The lowest BCUT2D eigenvalue weighted by molar-refractivity contribution is -0.0238. The van der Waals surface area contributed by atoms with Crippen molar-refractivity contribution in [3.8, 4) is 0 Å². The van der Waals surface area contributed by atoms with Crippen LogP contribution in [0, 0.1) is 28.6 Å². The average molecular weight is 351 g/mol. The van der Waals surface area contributed by atoms with E-state index in [1.165, 1.54) is 36.8 Å². The summed E-state index contributed by atoms with van der Waals surface area (Å²) in [6.07, 6.45) is 18.5. The molecule has 1 heterocycles. The normalized spacial score (nSPS) is 44.4. The highest BCUT2D eigenvalue weighted by molar-refractivity contribution is 5.72. The second-order valence-corrected chi connectivity index (χ2v) is 9.59. The van der Waals surface area contributed by atoms with E-state index in [0.29, 0.717) is 5.41 Å². The van der Waals surface area contributed by atoms with Gasteiger partial charge in [0.25, 0.3) is 0 Å². The molecule has 3 heteroatoms. The third kappa shape index (κ3) is 2.22. The summed E-state index contributed by atoms with van der Waals surface area (Å²) < 4.78 is 0. The number of aliphatic hydroxyl groups is 1. The molecule has 2 saturated carbocycles. The van der Waals surface area contributed by atoms with Crippen LogP contribution in [0.15, 0.2) is 36.4 Å². The number of aliphatic hydroxyl groups excluding tert-OH is 1. The van der Waals surface area contributed by atoms with E-state index in [0.717, 1.165) is 37.0 Å². The number of allylic oxidation sites excluding steroid dienone is 3. The van der Waals surface area contributed by atoms with Crippen molar-refractivity contribution in [2.24, 2.45) is 28.6 Å². The van der Waals surface area contributed by atoms with Crippen molar-refractivity contribution >= 4 is 5.57 Å². The van der Waals surface area contributed by atoms with Crippen LogP contribution < -0.4 is 0 Å². The van der Waals surface area contributed by atoms with Crippen LogP contribution in [0.5, 0.6) is 0 Å². The van der Waals surface area contributed by atoms with E-state index in [4.69, 9.17) is 0 Å². The predicted molar refractivity (Wildman–Crippen MR) is 103 cm³/mol. The highest BCUT2D eigenvalue weighted by Crippen LogP contribution is 2.66. The molecule has 0 bridgehead atoms. The topological polar surface area (TPSA) is 46.0 Å². The van der Waals surface area contributed by atoms with Gasteiger partial charge in [-0.3, -0.25) is 0 Å². The highest BCUT2D eigenvalue weighted by Gasteiger charge is 2.56. The summed E-state index contributed by atoms with van der Waals surface area (Å²) in [6, 6.07) is 0. The lowest BCUT2D eigenvalue weighted by atomic mass is 9.47. The Kier molecular flexibility index (Phi) is 3.69. The van der Waals surface area contributed by atoms with Gasteiger partial charge in [0.1, 0.15) is 6.33 Å². The van der Waals surface area contributed by atoms with Gasteiger partial charge in [-0.1, -0.05) is 31.6 Å². The van der Waals surface area contributed by atoms with Crippen LogP contribution in [0.4, 0.5) is 0 Å². The zero-order chi connectivity index (χ0) is 17.9. The second-order valence-electron chi connectivity index (χ2n) is 9.59. The van der Waals surface area contributed by atoms with E-state index in [9.17, 15) is 5.11 Å². The van der Waals surface area contributed by atoms with Crippen molar-refractivity contribution in [2.75, 3.05) is 0 Å². The number of hydrogen-bond donors (Lipinski definition) is 1. The summed E-state index contributed by atoms with van der Waals surface area (Å²) in [5.41, 5.74) is 4.85. The van der Waals surface area contributed by atoms with Crippen LogP contribution in [0.25, 0.3) is 5.57 Å². The van der Waals surface area contributed by atoms with Crippen molar-refractivity contribution in [1.82, 2.24) is 9.97 Å². The minimum absolute atomic E-state index is 0.113. The first-order valence-electron chi connectivity index (χ1n) is 10.4. The Balaban J connectivity index is 1.48. The van der Waals surface area contributed by atoms with Gasteiger partial charge in [0.15, 0.2) is 0 Å². The Morgan fingerprint density at radius 2 is 1.73 bits per heavy atom. The van der Waals surface area contributed by atoms with Gasteiger partial charge in [0.05, 0.1) is 6.10 Å². The molecule has 0 spiro atoms.